The molecule has 48 heavy (non-hydrogen) atoms. The van der Waals surface area contributed by atoms with Crippen molar-refractivity contribution in [2.75, 3.05) is 4.90 Å². The summed E-state index contributed by atoms with van der Waals surface area (Å²) >= 11 is 1.93. The minimum Gasteiger partial charge on any atom is -0.311 e. The molecule has 1 aliphatic rings. The molecule has 0 aliphatic carbocycles. The monoisotopic (exact) mass is 632 g/mol. The summed E-state index contributed by atoms with van der Waals surface area (Å²) in [5, 5.41) is 5.40. The van der Waals surface area contributed by atoms with E-state index >= 15 is 0 Å². The molecule has 0 bridgehead atoms. The van der Waals surface area contributed by atoms with Gasteiger partial charge in [0, 0.05) is 53.4 Å². The molecule has 3 heteroatoms. The third kappa shape index (κ3) is 3.85. The van der Waals surface area contributed by atoms with Crippen LogP contribution in [-0.2, 0) is 5.41 Å². The van der Waals surface area contributed by atoms with Crippen molar-refractivity contribution in [3.05, 3.63) is 169 Å². The van der Waals surface area contributed by atoms with Crippen LogP contribution in [0.15, 0.2) is 158 Å². The average molecular weight is 633 g/mol. The maximum absolute atomic E-state index is 2.52. The lowest BCUT2D eigenvalue weighted by Gasteiger charge is -2.34. The predicted molar refractivity (Wildman–Crippen MR) is 206 cm³/mol. The zero-order chi connectivity index (χ0) is 32.0. The SMILES string of the molecule is CC1(C)c2ccccc2-n2c3ccccc3c3c4sc5cc(-c6ccc(N(c7ccccc7)c7ccccc7)cc6)ccc5c4cc1c32. The summed E-state index contributed by atoms with van der Waals surface area (Å²) in [7, 11) is 0. The van der Waals surface area contributed by atoms with Crippen molar-refractivity contribution in [3.8, 4) is 16.8 Å². The number of anilines is 3. The molecule has 2 aromatic heterocycles. The van der Waals surface area contributed by atoms with E-state index in [0.717, 1.165) is 17.1 Å². The van der Waals surface area contributed by atoms with Gasteiger partial charge in [0.2, 0.25) is 0 Å². The van der Waals surface area contributed by atoms with Crippen LogP contribution in [0.1, 0.15) is 25.0 Å². The van der Waals surface area contributed by atoms with Crippen molar-refractivity contribution in [2.45, 2.75) is 19.3 Å². The summed E-state index contributed by atoms with van der Waals surface area (Å²) in [6, 6.07) is 57.6. The summed E-state index contributed by atoms with van der Waals surface area (Å²) in [6.45, 7) is 4.78. The van der Waals surface area contributed by atoms with E-state index in [2.05, 4.69) is 181 Å². The Morgan fingerprint density at radius 2 is 1.15 bits per heavy atom. The second-order valence-electron chi connectivity index (χ2n) is 13.4. The zero-order valence-electron chi connectivity index (χ0n) is 26.8. The van der Waals surface area contributed by atoms with Gasteiger partial charge in [-0.2, -0.15) is 0 Å². The van der Waals surface area contributed by atoms with Crippen LogP contribution in [0, 0.1) is 0 Å². The van der Waals surface area contributed by atoms with Gasteiger partial charge in [0.1, 0.15) is 0 Å². The molecule has 2 nitrogen and oxygen atoms in total. The highest BCUT2D eigenvalue weighted by Crippen LogP contribution is 2.52. The minimum atomic E-state index is -0.114. The largest absolute Gasteiger partial charge is 0.311 e. The molecule has 9 aromatic rings. The van der Waals surface area contributed by atoms with Crippen LogP contribution in [-0.4, -0.2) is 4.57 Å². The van der Waals surface area contributed by atoms with Crippen LogP contribution in [0.2, 0.25) is 0 Å². The van der Waals surface area contributed by atoms with Crippen LogP contribution < -0.4 is 4.90 Å². The highest BCUT2D eigenvalue weighted by Gasteiger charge is 2.36. The van der Waals surface area contributed by atoms with Crippen LogP contribution in [0.3, 0.4) is 0 Å². The van der Waals surface area contributed by atoms with Crippen molar-refractivity contribution in [1.29, 1.82) is 0 Å². The molecule has 0 saturated carbocycles. The summed E-state index contributed by atoms with van der Waals surface area (Å²) in [4.78, 5) is 2.31. The quantitative estimate of drug-likeness (QED) is 0.187. The van der Waals surface area contributed by atoms with E-state index in [1.165, 1.54) is 69.9 Å². The normalized spacial score (nSPS) is 13.4. The zero-order valence-corrected chi connectivity index (χ0v) is 27.6. The fourth-order valence-electron chi connectivity index (χ4n) is 8.04. The summed E-state index contributed by atoms with van der Waals surface area (Å²) < 4.78 is 5.22. The Morgan fingerprint density at radius 3 is 1.90 bits per heavy atom. The third-order valence-corrected chi connectivity index (χ3v) is 11.5. The Morgan fingerprint density at radius 1 is 0.521 bits per heavy atom. The molecule has 0 unspecified atom stereocenters. The lowest BCUT2D eigenvalue weighted by molar-refractivity contribution is 0.631. The van der Waals surface area contributed by atoms with Crippen molar-refractivity contribution in [2.24, 2.45) is 0 Å². The van der Waals surface area contributed by atoms with Gasteiger partial charge < -0.3 is 9.47 Å². The number of nitrogens with zero attached hydrogens (tertiary/aromatic N) is 2. The third-order valence-electron chi connectivity index (χ3n) is 10.4. The minimum absolute atomic E-state index is 0.114. The van der Waals surface area contributed by atoms with E-state index in [9.17, 15) is 0 Å². The smallest absolute Gasteiger partial charge is 0.0596 e. The van der Waals surface area contributed by atoms with Gasteiger partial charge in [0.05, 0.1) is 16.7 Å². The molecule has 3 heterocycles. The Balaban J connectivity index is 1.14. The first-order valence-corrected chi connectivity index (χ1v) is 17.4. The standard InChI is InChI=1S/C45H32N2S/c1-45(2)37-18-10-12-20-40(37)47-39-19-11-9-17-35(39)42-43(47)38(45)28-36-34-26-23-30(27-41(34)48-44(36)42)29-21-24-33(25-22-29)46(31-13-5-3-6-14-31)32-15-7-4-8-16-32/h3-28H,1-2H3. The van der Waals surface area contributed by atoms with E-state index in [0.29, 0.717) is 0 Å². The van der Waals surface area contributed by atoms with Gasteiger partial charge >= 0.3 is 0 Å². The molecular weight excluding hydrogens is 601 g/mol. The second-order valence-corrected chi connectivity index (χ2v) is 14.4. The van der Waals surface area contributed by atoms with Crippen LogP contribution in [0.4, 0.5) is 17.1 Å². The topological polar surface area (TPSA) is 8.17 Å². The van der Waals surface area contributed by atoms with E-state index in [1.54, 1.807) is 0 Å². The van der Waals surface area contributed by atoms with Crippen LogP contribution >= 0.6 is 11.3 Å². The summed E-state index contributed by atoms with van der Waals surface area (Å²) in [5.74, 6) is 0. The van der Waals surface area contributed by atoms with E-state index < -0.39 is 0 Å². The van der Waals surface area contributed by atoms with Crippen molar-refractivity contribution < 1.29 is 0 Å². The number of rotatable bonds is 4. The number of hydrogen-bond donors (Lipinski definition) is 0. The molecule has 0 spiro atoms. The molecule has 10 rings (SSSR count). The van der Waals surface area contributed by atoms with Gasteiger partial charge in [-0.25, -0.2) is 0 Å². The molecule has 7 aromatic carbocycles. The fourth-order valence-corrected chi connectivity index (χ4v) is 9.32. The first-order valence-electron chi connectivity index (χ1n) is 16.6. The van der Waals surface area contributed by atoms with Crippen molar-refractivity contribution in [1.82, 2.24) is 4.57 Å². The van der Waals surface area contributed by atoms with Crippen LogP contribution in [0.5, 0.6) is 0 Å². The van der Waals surface area contributed by atoms with E-state index in [1.807, 2.05) is 11.3 Å². The maximum atomic E-state index is 2.52. The molecular formula is C45H32N2S. The second kappa shape index (κ2) is 10.2. The molecule has 228 valence electrons. The first-order chi connectivity index (χ1) is 23.6. The molecule has 0 fully saturated rings. The fraction of sp³-hybridized carbons (Fsp3) is 0.0667. The molecule has 0 radical (unpaired) electrons. The highest BCUT2D eigenvalue weighted by molar-refractivity contribution is 7.26. The number of aromatic nitrogens is 1. The highest BCUT2D eigenvalue weighted by atomic mass is 32.1. The lowest BCUT2D eigenvalue weighted by Crippen LogP contribution is -2.26. The van der Waals surface area contributed by atoms with Crippen molar-refractivity contribution in [3.63, 3.8) is 0 Å². The van der Waals surface area contributed by atoms with Gasteiger partial charge in [0.15, 0.2) is 0 Å². The van der Waals surface area contributed by atoms with E-state index in [-0.39, 0.29) is 5.41 Å². The Labute approximate surface area is 283 Å². The molecule has 0 N–H and O–H groups in total. The van der Waals surface area contributed by atoms with Crippen LogP contribution in [0.25, 0.3) is 58.8 Å². The van der Waals surface area contributed by atoms with Crippen molar-refractivity contribution >= 4 is 70.4 Å². The number of thiophene rings is 1. The molecule has 1 aliphatic heterocycles. The Bertz CT molecular complexity index is 2640. The van der Waals surface area contributed by atoms with Gasteiger partial charge in [-0.3, -0.25) is 0 Å². The summed E-state index contributed by atoms with van der Waals surface area (Å²) in [6.07, 6.45) is 0. The number of para-hydroxylation sites is 4. The van der Waals surface area contributed by atoms with E-state index in [4.69, 9.17) is 0 Å². The van der Waals surface area contributed by atoms with Gasteiger partial charge in [-0.05, 0) is 82.9 Å². The summed E-state index contributed by atoms with van der Waals surface area (Å²) in [5.41, 5.74) is 12.5. The Kier molecular flexibility index (Phi) is 5.82. The van der Waals surface area contributed by atoms with Gasteiger partial charge in [-0.1, -0.05) is 111 Å². The maximum Gasteiger partial charge on any atom is 0.0596 e. The Hall–Kier alpha value is -5.64. The molecule has 0 atom stereocenters. The number of benzene rings is 7. The first kappa shape index (κ1) is 27.5. The number of hydrogen-bond acceptors (Lipinski definition) is 2. The lowest BCUT2D eigenvalue weighted by atomic mass is 9.74. The van der Waals surface area contributed by atoms with Gasteiger partial charge in [-0.15, -0.1) is 11.3 Å². The molecule has 0 saturated heterocycles. The molecule has 0 amide bonds. The average Bonchev–Trinajstić information content (AvgIpc) is 3.68. The number of fused-ring (bicyclic) bond motifs is 9. The predicted octanol–water partition coefficient (Wildman–Crippen LogP) is 12.9. The van der Waals surface area contributed by atoms with Gasteiger partial charge in [0.25, 0.3) is 0 Å².